The standard InChI is InChI=1S/C7H8N2O6S/c8-5(10)4-1-3(2-16(13,14)15)6(11)9-7(4)12/h1H,2H2,(H2,8,10)(H2,9,11,12)(H,13,14,15). The van der Waals surface area contributed by atoms with Crippen molar-refractivity contribution < 1.29 is 22.9 Å². The summed E-state index contributed by atoms with van der Waals surface area (Å²) in [6, 6.07) is 0.810. The van der Waals surface area contributed by atoms with Gasteiger partial charge in [-0.05, 0) is 6.07 Å². The molecule has 1 aromatic heterocycles. The molecule has 0 fully saturated rings. The Kier molecular flexibility index (Phi) is 3.01. The van der Waals surface area contributed by atoms with Crippen LogP contribution in [0.2, 0.25) is 0 Å². The van der Waals surface area contributed by atoms with Crippen LogP contribution in [0.3, 0.4) is 0 Å². The van der Waals surface area contributed by atoms with E-state index in [4.69, 9.17) is 15.4 Å². The Labute approximate surface area is 89.5 Å². The second-order valence-electron chi connectivity index (χ2n) is 2.98. The summed E-state index contributed by atoms with van der Waals surface area (Å²) in [7, 11) is -4.41. The summed E-state index contributed by atoms with van der Waals surface area (Å²) in [4.78, 5) is 23.8. The van der Waals surface area contributed by atoms with Gasteiger partial charge in [0.2, 0.25) is 5.88 Å². The first-order valence-corrected chi connectivity index (χ1v) is 5.52. The van der Waals surface area contributed by atoms with Gasteiger partial charge in [0.1, 0.15) is 5.75 Å². The quantitative estimate of drug-likeness (QED) is 0.481. The van der Waals surface area contributed by atoms with Gasteiger partial charge < -0.3 is 10.8 Å². The lowest BCUT2D eigenvalue weighted by Gasteiger charge is -2.02. The van der Waals surface area contributed by atoms with E-state index in [0.717, 1.165) is 6.07 Å². The molecule has 0 bridgehead atoms. The highest BCUT2D eigenvalue weighted by Gasteiger charge is 2.16. The Balaban J connectivity index is 3.37. The lowest BCUT2D eigenvalue weighted by atomic mass is 10.2. The molecule has 1 rings (SSSR count). The van der Waals surface area contributed by atoms with Gasteiger partial charge in [-0.3, -0.25) is 19.1 Å². The molecule has 8 nitrogen and oxygen atoms in total. The number of aromatic amines is 1. The number of nitrogens with one attached hydrogen (secondary N) is 1. The molecule has 1 amide bonds. The van der Waals surface area contributed by atoms with Crippen LogP contribution in [-0.2, 0) is 15.9 Å². The van der Waals surface area contributed by atoms with Crippen LogP contribution >= 0.6 is 0 Å². The number of hydrogen-bond acceptors (Lipinski definition) is 5. The third-order valence-corrected chi connectivity index (χ3v) is 2.38. The minimum atomic E-state index is -4.41. The fraction of sp³-hybridized carbons (Fsp3) is 0.143. The van der Waals surface area contributed by atoms with Crippen molar-refractivity contribution in [1.82, 2.24) is 4.98 Å². The molecule has 0 saturated heterocycles. The monoisotopic (exact) mass is 248 g/mol. The highest BCUT2D eigenvalue weighted by atomic mass is 32.2. The van der Waals surface area contributed by atoms with Crippen LogP contribution in [0.1, 0.15) is 15.9 Å². The highest BCUT2D eigenvalue weighted by molar-refractivity contribution is 7.85. The van der Waals surface area contributed by atoms with Crippen molar-refractivity contribution >= 4 is 16.0 Å². The molecule has 1 aromatic rings. The Morgan fingerprint density at radius 2 is 2.06 bits per heavy atom. The Bertz CT molecular complexity index is 587. The van der Waals surface area contributed by atoms with E-state index in [1.54, 1.807) is 0 Å². The normalized spacial score (nSPS) is 11.3. The molecule has 5 N–H and O–H groups in total. The maximum atomic E-state index is 11.1. The van der Waals surface area contributed by atoms with Gasteiger partial charge in [0.05, 0.1) is 5.56 Å². The van der Waals surface area contributed by atoms with Gasteiger partial charge >= 0.3 is 0 Å². The van der Waals surface area contributed by atoms with Crippen LogP contribution in [0.5, 0.6) is 5.88 Å². The zero-order valence-corrected chi connectivity index (χ0v) is 8.61. The predicted molar refractivity (Wildman–Crippen MR) is 52.5 cm³/mol. The molecule has 0 aromatic carbocycles. The van der Waals surface area contributed by atoms with Crippen molar-refractivity contribution in [3.05, 3.63) is 27.5 Å². The molecule has 0 aliphatic heterocycles. The molecule has 0 unspecified atom stereocenters. The molecule has 16 heavy (non-hydrogen) atoms. The van der Waals surface area contributed by atoms with E-state index in [-0.39, 0.29) is 0 Å². The summed E-state index contributed by atoms with van der Waals surface area (Å²) in [5.41, 5.74) is 3.11. The summed E-state index contributed by atoms with van der Waals surface area (Å²) < 4.78 is 29.6. The number of hydrogen-bond donors (Lipinski definition) is 4. The number of carbonyl (C=O) groups excluding carboxylic acids is 1. The molecule has 0 aliphatic rings. The summed E-state index contributed by atoms with van der Waals surface area (Å²) in [5, 5.41) is 9.12. The lowest BCUT2D eigenvalue weighted by molar-refractivity contribution is 0.0997. The fourth-order valence-corrected chi connectivity index (χ4v) is 1.66. The molecule has 0 saturated carbocycles. The Hall–Kier alpha value is -1.87. The van der Waals surface area contributed by atoms with E-state index in [1.165, 1.54) is 0 Å². The lowest BCUT2D eigenvalue weighted by Crippen LogP contribution is -2.20. The number of rotatable bonds is 3. The van der Waals surface area contributed by atoms with Gasteiger partial charge in [0.25, 0.3) is 21.6 Å². The van der Waals surface area contributed by atoms with Gasteiger partial charge in [0, 0.05) is 5.56 Å². The number of aromatic nitrogens is 1. The first-order chi connectivity index (χ1) is 7.20. The van der Waals surface area contributed by atoms with Crippen LogP contribution < -0.4 is 11.3 Å². The largest absolute Gasteiger partial charge is 0.494 e. The minimum Gasteiger partial charge on any atom is -0.494 e. The Morgan fingerprint density at radius 1 is 1.50 bits per heavy atom. The van der Waals surface area contributed by atoms with Crippen molar-refractivity contribution in [3.8, 4) is 5.88 Å². The summed E-state index contributed by atoms with van der Waals surface area (Å²) in [6.45, 7) is 0. The molecular weight excluding hydrogens is 240 g/mol. The number of H-pyrrole nitrogens is 1. The van der Waals surface area contributed by atoms with Crippen LogP contribution in [-0.4, -0.2) is 29.0 Å². The zero-order chi connectivity index (χ0) is 12.5. The molecule has 0 radical (unpaired) electrons. The van der Waals surface area contributed by atoms with E-state index < -0.39 is 44.3 Å². The number of pyridine rings is 1. The average molecular weight is 248 g/mol. The third kappa shape index (κ3) is 2.81. The van der Waals surface area contributed by atoms with E-state index in [1.807, 2.05) is 4.98 Å². The first-order valence-electron chi connectivity index (χ1n) is 3.91. The number of carbonyl (C=O) groups is 1. The molecule has 0 atom stereocenters. The van der Waals surface area contributed by atoms with Crippen LogP contribution in [0.4, 0.5) is 0 Å². The molecule has 1 heterocycles. The van der Waals surface area contributed by atoms with Crippen molar-refractivity contribution in [3.63, 3.8) is 0 Å². The third-order valence-electron chi connectivity index (χ3n) is 1.70. The summed E-state index contributed by atoms with van der Waals surface area (Å²) in [5.74, 6) is -2.76. The topological polar surface area (TPSA) is 151 Å². The number of nitrogens with two attached hydrogens (primary N) is 1. The first kappa shape index (κ1) is 12.2. The van der Waals surface area contributed by atoms with Gasteiger partial charge in [-0.1, -0.05) is 0 Å². The van der Waals surface area contributed by atoms with Crippen LogP contribution in [0, 0.1) is 0 Å². The second kappa shape index (κ2) is 3.94. The van der Waals surface area contributed by atoms with E-state index >= 15 is 0 Å². The van der Waals surface area contributed by atoms with Gasteiger partial charge in [-0.2, -0.15) is 8.42 Å². The van der Waals surface area contributed by atoms with Crippen molar-refractivity contribution in [2.45, 2.75) is 5.75 Å². The molecule has 0 spiro atoms. The maximum Gasteiger partial charge on any atom is 0.269 e. The molecular formula is C7H8N2O6S. The number of aromatic hydroxyl groups is 1. The smallest absolute Gasteiger partial charge is 0.269 e. The minimum absolute atomic E-state index is 0.394. The summed E-state index contributed by atoms with van der Waals surface area (Å²) >= 11 is 0. The summed E-state index contributed by atoms with van der Waals surface area (Å²) in [6.07, 6.45) is 0. The molecule has 88 valence electrons. The van der Waals surface area contributed by atoms with Crippen molar-refractivity contribution in [2.24, 2.45) is 5.73 Å². The maximum absolute atomic E-state index is 11.1. The van der Waals surface area contributed by atoms with Gasteiger partial charge in [-0.15, -0.1) is 0 Å². The Morgan fingerprint density at radius 3 is 2.50 bits per heavy atom. The highest BCUT2D eigenvalue weighted by Crippen LogP contribution is 2.12. The average Bonchev–Trinajstić information content (AvgIpc) is 2.07. The van der Waals surface area contributed by atoms with E-state index in [2.05, 4.69) is 0 Å². The number of primary amides is 1. The SMILES string of the molecule is NC(=O)c1cc(CS(=O)(=O)O)c(=O)[nH]c1O. The van der Waals surface area contributed by atoms with Gasteiger partial charge in [0.15, 0.2) is 0 Å². The van der Waals surface area contributed by atoms with Gasteiger partial charge in [-0.25, -0.2) is 0 Å². The van der Waals surface area contributed by atoms with Crippen LogP contribution in [0.15, 0.2) is 10.9 Å². The zero-order valence-electron chi connectivity index (χ0n) is 7.80. The van der Waals surface area contributed by atoms with Crippen molar-refractivity contribution in [1.29, 1.82) is 0 Å². The van der Waals surface area contributed by atoms with E-state index in [9.17, 15) is 18.0 Å². The second-order valence-corrected chi connectivity index (χ2v) is 4.43. The molecule has 0 aliphatic carbocycles. The van der Waals surface area contributed by atoms with Crippen LogP contribution in [0.25, 0.3) is 0 Å². The van der Waals surface area contributed by atoms with E-state index in [0.29, 0.717) is 0 Å². The number of amides is 1. The predicted octanol–water partition coefficient (Wildman–Crippen LogP) is -1.43. The molecule has 9 heteroatoms. The fourth-order valence-electron chi connectivity index (χ4n) is 1.05. The van der Waals surface area contributed by atoms with Crippen molar-refractivity contribution in [2.75, 3.05) is 0 Å².